The van der Waals surface area contributed by atoms with Crippen LogP contribution in [0.3, 0.4) is 0 Å². The molecule has 0 radical (unpaired) electrons. The quantitative estimate of drug-likeness (QED) is 0.583. The molecule has 6 heteroatoms. The molecular formula is C24H31NO5. The van der Waals surface area contributed by atoms with E-state index in [0.717, 1.165) is 29.4 Å². The lowest BCUT2D eigenvalue weighted by atomic mass is 9.82. The smallest absolute Gasteiger partial charge is 0.336 e. The molecule has 1 amide bonds. The van der Waals surface area contributed by atoms with Crippen LogP contribution in [0.25, 0.3) is 11.0 Å². The molecule has 3 rings (SSSR count). The highest BCUT2D eigenvalue weighted by molar-refractivity contribution is 5.87. The molecule has 0 bridgehead atoms. The predicted molar refractivity (Wildman–Crippen MR) is 115 cm³/mol. The van der Waals surface area contributed by atoms with Gasteiger partial charge in [0.15, 0.2) is 0 Å². The number of fused-ring (bicyclic) bond motifs is 1. The zero-order valence-electron chi connectivity index (χ0n) is 18.5. The molecule has 1 aliphatic carbocycles. The average Bonchev–Trinajstić information content (AvgIpc) is 3.10. The monoisotopic (exact) mass is 413 g/mol. The summed E-state index contributed by atoms with van der Waals surface area (Å²) < 4.78 is 11.1. The van der Waals surface area contributed by atoms with E-state index in [9.17, 15) is 14.4 Å². The Bertz CT molecular complexity index is 1020. The molecule has 2 aromatic rings. The molecule has 1 aromatic heterocycles. The van der Waals surface area contributed by atoms with E-state index in [-0.39, 0.29) is 30.4 Å². The molecule has 1 aliphatic rings. The lowest BCUT2D eigenvalue weighted by Gasteiger charge is -2.28. The van der Waals surface area contributed by atoms with Crippen molar-refractivity contribution in [1.29, 1.82) is 0 Å². The Balaban J connectivity index is 1.81. The van der Waals surface area contributed by atoms with E-state index in [1.165, 1.54) is 6.07 Å². The number of amides is 1. The molecule has 1 saturated carbocycles. The standard InChI is InChI=1S/C24H31NO5/c1-15-8-9-18-17(12-20(27)30-21(18)16(15)2)14-29-22(28)24(10-6-7-11-24)13-19(26)25-23(3,4)5/h8-9,12H,6-7,10-11,13-14H2,1-5H3,(H,25,26). The summed E-state index contributed by atoms with van der Waals surface area (Å²) in [5, 5.41) is 3.70. The first-order chi connectivity index (χ1) is 14.0. The minimum Gasteiger partial charge on any atom is -0.460 e. The third kappa shape index (κ3) is 4.74. The maximum atomic E-state index is 13.1. The molecular weight excluding hydrogens is 382 g/mol. The molecule has 0 atom stereocenters. The Morgan fingerprint density at radius 2 is 1.83 bits per heavy atom. The number of aryl methyl sites for hydroxylation is 2. The molecule has 0 saturated heterocycles. The van der Waals surface area contributed by atoms with E-state index in [0.29, 0.717) is 24.0 Å². The first-order valence-corrected chi connectivity index (χ1v) is 10.5. The molecule has 1 aromatic carbocycles. The number of esters is 1. The number of nitrogens with one attached hydrogen (secondary N) is 1. The van der Waals surface area contributed by atoms with Crippen molar-refractivity contribution in [1.82, 2.24) is 5.32 Å². The van der Waals surface area contributed by atoms with Crippen LogP contribution < -0.4 is 10.9 Å². The number of carbonyl (C=O) groups is 2. The predicted octanol–water partition coefficient (Wildman–Crippen LogP) is 4.32. The Morgan fingerprint density at radius 1 is 1.17 bits per heavy atom. The largest absolute Gasteiger partial charge is 0.460 e. The molecule has 1 fully saturated rings. The van der Waals surface area contributed by atoms with Crippen LogP contribution in [0.5, 0.6) is 0 Å². The fourth-order valence-electron chi connectivity index (χ4n) is 4.22. The van der Waals surface area contributed by atoms with Gasteiger partial charge in [0.1, 0.15) is 12.2 Å². The first-order valence-electron chi connectivity index (χ1n) is 10.5. The normalized spacial score (nSPS) is 15.9. The Labute approximate surface area is 177 Å². The van der Waals surface area contributed by atoms with Crippen LogP contribution in [0, 0.1) is 19.3 Å². The Kier molecular flexibility index (Phi) is 6.06. The van der Waals surface area contributed by atoms with Gasteiger partial charge in [-0.3, -0.25) is 9.59 Å². The summed E-state index contributed by atoms with van der Waals surface area (Å²) in [5.41, 5.74) is 1.43. The van der Waals surface area contributed by atoms with E-state index in [2.05, 4.69) is 5.32 Å². The van der Waals surface area contributed by atoms with Gasteiger partial charge < -0.3 is 14.5 Å². The van der Waals surface area contributed by atoms with Gasteiger partial charge in [-0.2, -0.15) is 0 Å². The zero-order valence-corrected chi connectivity index (χ0v) is 18.5. The molecule has 30 heavy (non-hydrogen) atoms. The first kappa shape index (κ1) is 22.1. The number of benzene rings is 1. The summed E-state index contributed by atoms with van der Waals surface area (Å²) in [4.78, 5) is 37.6. The van der Waals surface area contributed by atoms with Crippen molar-refractivity contribution < 1.29 is 18.7 Å². The van der Waals surface area contributed by atoms with Crippen LogP contribution in [-0.2, 0) is 20.9 Å². The maximum absolute atomic E-state index is 13.1. The average molecular weight is 414 g/mol. The third-order valence-electron chi connectivity index (χ3n) is 5.88. The van der Waals surface area contributed by atoms with E-state index in [1.807, 2.05) is 46.8 Å². The number of ether oxygens (including phenoxy) is 1. The van der Waals surface area contributed by atoms with Crippen LogP contribution in [0.4, 0.5) is 0 Å². The highest BCUT2D eigenvalue weighted by atomic mass is 16.5. The number of carbonyl (C=O) groups excluding carboxylic acids is 2. The van der Waals surface area contributed by atoms with Gasteiger partial charge in [0.05, 0.1) is 5.41 Å². The van der Waals surface area contributed by atoms with Gasteiger partial charge >= 0.3 is 11.6 Å². The van der Waals surface area contributed by atoms with Gasteiger partial charge in [0.25, 0.3) is 0 Å². The van der Waals surface area contributed by atoms with Crippen LogP contribution in [0.15, 0.2) is 27.4 Å². The fourth-order valence-corrected chi connectivity index (χ4v) is 4.22. The SMILES string of the molecule is Cc1ccc2c(COC(=O)C3(CC(=O)NC(C)(C)C)CCCC3)cc(=O)oc2c1C. The lowest BCUT2D eigenvalue weighted by Crippen LogP contribution is -2.44. The van der Waals surface area contributed by atoms with Crippen molar-refractivity contribution in [2.24, 2.45) is 5.41 Å². The molecule has 0 aliphatic heterocycles. The van der Waals surface area contributed by atoms with E-state index in [4.69, 9.17) is 9.15 Å². The van der Waals surface area contributed by atoms with Gasteiger partial charge in [-0.25, -0.2) is 4.79 Å². The second kappa shape index (κ2) is 8.25. The van der Waals surface area contributed by atoms with Gasteiger partial charge in [-0.15, -0.1) is 0 Å². The van der Waals surface area contributed by atoms with Gasteiger partial charge in [-0.1, -0.05) is 25.0 Å². The zero-order chi connectivity index (χ0) is 22.1. The van der Waals surface area contributed by atoms with Gasteiger partial charge in [-0.05, 0) is 58.6 Å². The topological polar surface area (TPSA) is 85.6 Å². The molecule has 6 nitrogen and oxygen atoms in total. The van der Waals surface area contributed by atoms with Crippen molar-refractivity contribution in [3.8, 4) is 0 Å². The summed E-state index contributed by atoms with van der Waals surface area (Å²) in [6, 6.07) is 5.21. The Hall–Kier alpha value is -2.63. The van der Waals surface area contributed by atoms with Crippen LogP contribution in [0.2, 0.25) is 0 Å². The number of rotatable bonds is 5. The van der Waals surface area contributed by atoms with Crippen molar-refractivity contribution in [2.45, 2.75) is 78.9 Å². The van der Waals surface area contributed by atoms with E-state index >= 15 is 0 Å². The highest BCUT2D eigenvalue weighted by Crippen LogP contribution is 2.42. The van der Waals surface area contributed by atoms with E-state index < -0.39 is 11.0 Å². The van der Waals surface area contributed by atoms with Crippen molar-refractivity contribution in [2.75, 3.05) is 0 Å². The lowest BCUT2D eigenvalue weighted by molar-refractivity contribution is -0.159. The Morgan fingerprint density at radius 3 is 2.47 bits per heavy atom. The molecule has 162 valence electrons. The number of hydrogen-bond donors (Lipinski definition) is 1. The minimum atomic E-state index is -0.795. The van der Waals surface area contributed by atoms with Crippen molar-refractivity contribution in [3.05, 3.63) is 45.3 Å². The van der Waals surface area contributed by atoms with Crippen LogP contribution in [0.1, 0.15) is 69.6 Å². The second-order valence-corrected chi connectivity index (χ2v) is 9.51. The van der Waals surface area contributed by atoms with E-state index in [1.54, 1.807) is 0 Å². The molecule has 0 spiro atoms. The summed E-state index contributed by atoms with van der Waals surface area (Å²) in [7, 11) is 0. The molecule has 1 heterocycles. The van der Waals surface area contributed by atoms with Crippen LogP contribution in [-0.4, -0.2) is 17.4 Å². The minimum absolute atomic E-state index is 0.0218. The summed E-state index contributed by atoms with van der Waals surface area (Å²) in [6.07, 6.45) is 3.19. The summed E-state index contributed by atoms with van der Waals surface area (Å²) in [5.74, 6) is -0.507. The summed E-state index contributed by atoms with van der Waals surface area (Å²) in [6.45, 7) is 9.58. The highest BCUT2D eigenvalue weighted by Gasteiger charge is 2.44. The molecule has 0 unspecified atom stereocenters. The van der Waals surface area contributed by atoms with Crippen molar-refractivity contribution >= 4 is 22.8 Å². The molecule has 1 N–H and O–H groups in total. The fraction of sp³-hybridized carbons (Fsp3) is 0.542. The maximum Gasteiger partial charge on any atom is 0.336 e. The number of hydrogen-bond acceptors (Lipinski definition) is 5. The van der Waals surface area contributed by atoms with Crippen molar-refractivity contribution in [3.63, 3.8) is 0 Å². The van der Waals surface area contributed by atoms with Crippen LogP contribution >= 0.6 is 0 Å². The van der Waals surface area contributed by atoms with Gasteiger partial charge in [0.2, 0.25) is 5.91 Å². The second-order valence-electron chi connectivity index (χ2n) is 9.51. The third-order valence-corrected chi connectivity index (χ3v) is 5.88. The summed E-state index contributed by atoms with van der Waals surface area (Å²) >= 11 is 0. The van der Waals surface area contributed by atoms with Gasteiger partial charge in [0, 0.05) is 29.0 Å².